The molecule has 1 aliphatic heterocycles. The van der Waals surface area contributed by atoms with Gasteiger partial charge in [-0.2, -0.15) is 0 Å². The Morgan fingerprint density at radius 2 is 2.20 bits per heavy atom. The van der Waals surface area contributed by atoms with Gasteiger partial charge in [-0.1, -0.05) is 17.9 Å². The number of rotatable bonds is 1. The number of carbonyl (C=O) groups excluding carboxylic acids is 1. The van der Waals surface area contributed by atoms with E-state index in [1.165, 1.54) is 0 Å². The summed E-state index contributed by atoms with van der Waals surface area (Å²) in [6.07, 6.45) is 0. The van der Waals surface area contributed by atoms with Crippen LogP contribution in [0.3, 0.4) is 0 Å². The van der Waals surface area contributed by atoms with Crippen molar-refractivity contribution in [2.45, 2.75) is 6.92 Å². The third kappa shape index (κ3) is 3.73. The van der Waals surface area contributed by atoms with Crippen molar-refractivity contribution in [2.24, 2.45) is 0 Å². The summed E-state index contributed by atoms with van der Waals surface area (Å²) in [6, 6.07) is 5.43. The van der Waals surface area contributed by atoms with Crippen molar-refractivity contribution in [1.29, 1.82) is 0 Å². The highest BCUT2D eigenvalue weighted by atomic mass is 16.5. The van der Waals surface area contributed by atoms with Crippen molar-refractivity contribution in [3.05, 3.63) is 29.3 Å². The predicted octanol–water partition coefficient (Wildman–Crippen LogP) is 1.20. The van der Waals surface area contributed by atoms with E-state index in [0.717, 1.165) is 11.1 Å². The van der Waals surface area contributed by atoms with Gasteiger partial charge in [0.05, 0.1) is 13.2 Å². The Kier molecular flexibility index (Phi) is 4.99. The van der Waals surface area contributed by atoms with Crippen molar-refractivity contribution in [1.82, 2.24) is 4.90 Å². The molecule has 0 radical (unpaired) electrons. The lowest BCUT2D eigenvalue weighted by molar-refractivity contribution is 0.0564. The van der Waals surface area contributed by atoms with E-state index < -0.39 is 0 Å². The molecule has 5 heteroatoms. The Morgan fingerprint density at radius 3 is 2.90 bits per heavy atom. The molecule has 0 aliphatic carbocycles. The molecule has 20 heavy (non-hydrogen) atoms. The van der Waals surface area contributed by atoms with E-state index in [0.29, 0.717) is 32.0 Å². The average Bonchev–Trinajstić information content (AvgIpc) is 2.48. The van der Waals surface area contributed by atoms with Crippen LogP contribution in [0.1, 0.15) is 11.1 Å². The number of aliphatic hydroxyl groups is 1. The SMILES string of the molecule is Cc1ccc(NC(=O)N2CCOCC2)cc1C#CCO. The normalized spacial score (nSPS) is 14.4. The summed E-state index contributed by atoms with van der Waals surface area (Å²) >= 11 is 0. The summed E-state index contributed by atoms with van der Waals surface area (Å²) in [5.41, 5.74) is 2.52. The Hall–Kier alpha value is -2.03. The molecule has 1 heterocycles. The molecular weight excluding hydrogens is 256 g/mol. The van der Waals surface area contributed by atoms with Gasteiger partial charge >= 0.3 is 6.03 Å². The molecular formula is C15H18N2O3. The van der Waals surface area contributed by atoms with E-state index in [1.807, 2.05) is 25.1 Å². The first kappa shape index (κ1) is 14.4. The molecule has 0 atom stereocenters. The molecule has 0 spiro atoms. The van der Waals surface area contributed by atoms with Gasteiger partial charge in [0.2, 0.25) is 0 Å². The van der Waals surface area contributed by atoms with Gasteiger partial charge < -0.3 is 20.1 Å². The summed E-state index contributed by atoms with van der Waals surface area (Å²) in [6.45, 7) is 4.13. The maximum atomic E-state index is 12.1. The van der Waals surface area contributed by atoms with Crippen LogP contribution in [0.15, 0.2) is 18.2 Å². The topological polar surface area (TPSA) is 61.8 Å². The van der Waals surface area contributed by atoms with Crippen molar-refractivity contribution in [2.75, 3.05) is 38.2 Å². The summed E-state index contributed by atoms with van der Waals surface area (Å²) in [7, 11) is 0. The number of morpholine rings is 1. The van der Waals surface area contributed by atoms with Crippen LogP contribution in [0.4, 0.5) is 10.5 Å². The van der Waals surface area contributed by atoms with Crippen LogP contribution >= 0.6 is 0 Å². The lowest BCUT2D eigenvalue weighted by atomic mass is 10.1. The fraction of sp³-hybridized carbons (Fsp3) is 0.400. The smallest absolute Gasteiger partial charge is 0.322 e. The summed E-state index contributed by atoms with van der Waals surface area (Å²) in [5.74, 6) is 5.49. The van der Waals surface area contributed by atoms with Gasteiger partial charge in [0.15, 0.2) is 0 Å². The highest BCUT2D eigenvalue weighted by molar-refractivity contribution is 5.89. The Balaban J connectivity index is 2.07. The van der Waals surface area contributed by atoms with Gasteiger partial charge in [-0.3, -0.25) is 0 Å². The van der Waals surface area contributed by atoms with Crippen LogP contribution in [0.25, 0.3) is 0 Å². The van der Waals surface area contributed by atoms with Crippen LogP contribution in [0.2, 0.25) is 0 Å². The minimum Gasteiger partial charge on any atom is -0.384 e. The summed E-state index contributed by atoms with van der Waals surface area (Å²) in [4.78, 5) is 13.8. The average molecular weight is 274 g/mol. The van der Waals surface area contributed by atoms with Gasteiger partial charge in [0.1, 0.15) is 6.61 Å². The number of carbonyl (C=O) groups is 1. The van der Waals surface area contributed by atoms with Crippen LogP contribution in [-0.2, 0) is 4.74 Å². The first-order valence-corrected chi connectivity index (χ1v) is 6.55. The van der Waals surface area contributed by atoms with E-state index >= 15 is 0 Å². The molecule has 2 amide bonds. The molecule has 2 N–H and O–H groups in total. The predicted molar refractivity (Wildman–Crippen MR) is 76.6 cm³/mol. The van der Waals surface area contributed by atoms with Crippen LogP contribution < -0.4 is 5.32 Å². The highest BCUT2D eigenvalue weighted by Crippen LogP contribution is 2.15. The number of urea groups is 1. The van der Waals surface area contributed by atoms with E-state index in [4.69, 9.17) is 9.84 Å². The van der Waals surface area contributed by atoms with E-state index in [-0.39, 0.29) is 12.6 Å². The zero-order valence-corrected chi connectivity index (χ0v) is 11.5. The molecule has 0 aromatic heterocycles. The molecule has 1 fully saturated rings. The number of benzene rings is 1. The number of nitrogens with zero attached hydrogens (tertiary/aromatic N) is 1. The molecule has 1 saturated heterocycles. The minimum atomic E-state index is -0.177. The van der Waals surface area contributed by atoms with Gasteiger partial charge in [0, 0.05) is 24.3 Å². The minimum absolute atomic E-state index is 0.127. The third-order valence-electron chi connectivity index (χ3n) is 3.09. The Morgan fingerprint density at radius 1 is 1.45 bits per heavy atom. The largest absolute Gasteiger partial charge is 0.384 e. The number of ether oxygens (including phenoxy) is 1. The number of hydrogen-bond donors (Lipinski definition) is 2. The van der Waals surface area contributed by atoms with E-state index in [9.17, 15) is 4.79 Å². The van der Waals surface area contributed by atoms with Gasteiger partial charge in [-0.25, -0.2) is 4.79 Å². The Labute approximate surface area is 118 Å². The van der Waals surface area contributed by atoms with Gasteiger partial charge in [-0.15, -0.1) is 0 Å². The molecule has 5 nitrogen and oxygen atoms in total. The second kappa shape index (κ2) is 6.94. The van der Waals surface area contributed by atoms with Crippen LogP contribution in [0, 0.1) is 18.8 Å². The molecule has 0 bridgehead atoms. The molecule has 1 aromatic rings. The number of amides is 2. The zero-order valence-electron chi connectivity index (χ0n) is 11.5. The number of hydrogen-bond acceptors (Lipinski definition) is 3. The third-order valence-corrected chi connectivity index (χ3v) is 3.09. The van der Waals surface area contributed by atoms with Crippen LogP contribution in [-0.4, -0.2) is 48.9 Å². The molecule has 0 saturated carbocycles. The van der Waals surface area contributed by atoms with Crippen molar-refractivity contribution >= 4 is 11.7 Å². The number of aryl methyl sites for hydroxylation is 1. The van der Waals surface area contributed by atoms with E-state index in [2.05, 4.69) is 17.2 Å². The van der Waals surface area contributed by atoms with Crippen molar-refractivity contribution < 1.29 is 14.6 Å². The zero-order chi connectivity index (χ0) is 14.4. The van der Waals surface area contributed by atoms with E-state index in [1.54, 1.807) is 4.90 Å². The second-order valence-electron chi connectivity index (χ2n) is 4.52. The first-order chi connectivity index (χ1) is 9.70. The lowest BCUT2D eigenvalue weighted by Gasteiger charge is -2.27. The number of aliphatic hydroxyl groups excluding tert-OH is 1. The van der Waals surface area contributed by atoms with Crippen LogP contribution in [0.5, 0.6) is 0 Å². The van der Waals surface area contributed by atoms with Crippen molar-refractivity contribution in [3.8, 4) is 11.8 Å². The number of anilines is 1. The monoisotopic (exact) mass is 274 g/mol. The molecule has 0 unspecified atom stereocenters. The maximum Gasteiger partial charge on any atom is 0.322 e. The molecule has 1 aromatic carbocycles. The highest BCUT2D eigenvalue weighted by Gasteiger charge is 2.16. The van der Waals surface area contributed by atoms with Gasteiger partial charge in [0.25, 0.3) is 0 Å². The molecule has 2 rings (SSSR count). The second-order valence-corrected chi connectivity index (χ2v) is 4.52. The fourth-order valence-electron chi connectivity index (χ4n) is 1.94. The molecule has 106 valence electrons. The van der Waals surface area contributed by atoms with Crippen molar-refractivity contribution in [3.63, 3.8) is 0 Å². The fourth-order valence-corrected chi connectivity index (χ4v) is 1.94. The molecule has 1 aliphatic rings. The quantitative estimate of drug-likeness (QED) is 0.757. The standard InChI is InChI=1S/C15H18N2O3/c1-12-4-5-14(11-13(12)3-2-8-18)16-15(19)17-6-9-20-10-7-17/h4-5,11,18H,6-10H2,1H3,(H,16,19). The lowest BCUT2D eigenvalue weighted by Crippen LogP contribution is -2.43. The number of nitrogens with one attached hydrogen (secondary N) is 1. The maximum absolute atomic E-state index is 12.1. The first-order valence-electron chi connectivity index (χ1n) is 6.55. The van der Waals surface area contributed by atoms with Gasteiger partial charge in [-0.05, 0) is 24.6 Å². The summed E-state index contributed by atoms with van der Waals surface area (Å²) < 4.78 is 5.22. The summed E-state index contributed by atoms with van der Waals surface area (Å²) in [5, 5.41) is 11.6. The Bertz CT molecular complexity index is 540.